The third-order valence-electron chi connectivity index (χ3n) is 3.22. The highest BCUT2D eigenvalue weighted by molar-refractivity contribution is 5.92. The molecule has 4 heteroatoms. The van der Waals surface area contributed by atoms with Crippen LogP contribution in [0.1, 0.15) is 6.42 Å². The van der Waals surface area contributed by atoms with Crippen LogP contribution in [0.4, 0.5) is 0 Å². The number of hydrogen-bond donors (Lipinski definition) is 2. The van der Waals surface area contributed by atoms with Gasteiger partial charge in [-0.25, -0.2) is 0 Å². The van der Waals surface area contributed by atoms with Gasteiger partial charge in [0.2, 0.25) is 0 Å². The van der Waals surface area contributed by atoms with Gasteiger partial charge in [0, 0.05) is 25.0 Å². The van der Waals surface area contributed by atoms with Crippen molar-refractivity contribution in [2.45, 2.75) is 12.5 Å². The zero-order valence-electron chi connectivity index (χ0n) is 8.83. The van der Waals surface area contributed by atoms with Gasteiger partial charge in [-0.1, -0.05) is 13.2 Å². The number of nitrogens with one attached hydrogen (secondary N) is 2. The van der Waals surface area contributed by atoms with Crippen LogP contribution < -0.4 is 10.6 Å². The molecule has 0 aromatic rings. The fourth-order valence-corrected chi connectivity index (χ4v) is 2.37. The summed E-state index contributed by atoms with van der Waals surface area (Å²) in [5, 5.41) is 6.23. The molecule has 2 fully saturated rings. The number of fused-ring (bicyclic) bond motifs is 1. The van der Waals surface area contributed by atoms with Gasteiger partial charge < -0.3 is 15.5 Å². The van der Waals surface area contributed by atoms with Crippen molar-refractivity contribution in [3.05, 3.63) is 25.1 Å². The summed E-state index contributed by atoms with van der Waals surface area (Å²) in [5.41, 5.74) is 0.513. The zero-order chi connectivity index (χ0) is 10.8. The lowest BCUT2D eigenvalue weighted by Gasteiger charge is -2.37. The van der Waals surface area contributed by atoms with Crippen LogP contribution in [0.3, 0.4) is 0 Å². The van der Waals surface area contributed by atoms with Gasteiger partial charge in [-0.15, -0.1) is 0 Å². The normalized spacial score (nSPS) is 31.6. The number of rotatable bonds is 1. The lowest BCUT2D eigenvalue weighted by Crippen LogP contribution is -2.48. The Morgan fingerprint density at radius 3 is 3.00 bits per heavy atom. The van der Waals surface area contributed by atoms with Crippen molar-refractivity contribution in [3.63, 3.8) is 0 Å². The number of carbonyl (C=O) groups excluding carboxylic acids is 1. The van der Waals surface area contributed by atoms with E-state index in [0.717, 1.165) is 26.1 Å². The Bertz CT molecular complexity index is 300. The van der Waals surface area contributed by atoms with E-state index in [0.29, 0.717) is 17.7 Å². The molecule has 82 valence electrons. The average Bonchev–Trinajstić information content (AvgIpc) is 2.38. The van der Waals surface area contributed by atoms with Crippen LogP contribution >= 0.6 is 0 Å². The van der Waals surface area contributed by atoms with Crippen molar-refractivity contribution in [2.75, 3.05) is 19.6 Å². The lowest BCUT2D eigenvalue weighted by molar-refractivity contribution is -0.118. The molecule has 4 nitrogen and oxygen atoms in total. The Kier molecular flexibility index (Phi) is 2.77. The molecular weight excluding hydrogens is 190 g/mol. The third kappa shape index (κ3) is 1.77. The van der Waals surface area contributed by atoms with Crippen molar-refractivity contribution in [1.29, 1.82) is 0 Å². The van der Waals surface area contributed by atoms with Crippen molar-refractivity contribution in [2.24, 2.45) is 5.92 Å². The fraction of sp³-hybridized carbons (Fsp3) is 0.545. The standard InChI is InChI=1S/C11H17N3O/c1-3-14-8(2)11(15)13-7-9-6-12-5-4-10(9)14/h3,9-10,12H,1-2,4-7H2,(H,13,15). The Hall–Kier alpha value is -1.29. The Morgan fingerprint density at radius 2 is 2.27 bits per heavy atom. The van der Waals surface area contributed by atoms with E-state index in [1.165, 1.54) is 0 Å². The van der Waals surface area contributed by atoms with Gasteiger partial charge >= 0.3 is 0 Å². The maximum Gasteiger partial charge on any atom is 0.267 e. The number of piperidine rings is 1. The van der Waals surface area contributed by atoms with E-state index in [-0.39, 0.29) is 5.91 Å². The maximum absolute atomic E-state index is 11.6. The van der Waals surface area contributed by atoms with Crippen molar-refractivity contribution in [3.8, 4) is 0 Å². The third-order valence-corrected chi connectivity index (χ3v) is 3.22. The quantitative estimate of drug-likeness (QED) is 0.597. The molecule has 2 atom stereocenters. The van der Waals surface area contributed by atoms with Crippen LogP contribution in [-0.4, -0.2) is 36.5 Å². The molecule has 2 aliphatic rings. The van der Waals surface area contributed by atoms with E-state index in [9.17, 15) is 4.79 Å². The molecule has 2 aliphatic heterocycles. The Morgan fingerprint density at radius 1 is 1.47 bits per heavy atom. The molecule has 2 heterocycles. The molecule has 0 radical (unpaired) electrons. The number of carbonyl (C=O) groups is 1. The second-order valence-electron chi connectivity index (χ2n) is 4.07. The molecule has 0 aliphatic carbocycles. The van der Waals surface area contributed by atoms with E-state index in [2.05, 4.69) is 23.8 Å². The molecule has 0 aromatic heterocycles. The van der Waals surface area contributed by atoms with Gasteiger partial charge in [0.25, 0.3) is 5.91 Å². The number of amides is 1. The first-order valence-corrected chi connectivity index (χ1v) is 5.32. The number of nitrogens with zero attached hydrogens (tertiary/aromatic N) is 1. The van der Waals surface area contributed by atoms with Crippen molar-refractivity contribution >= 4 is 5.91 Å². The van der Waals surface area contributed by atoms with Crippen LogP contribution in [0, 0.1) is 5.92 Å². The van der Waals surface area contributed by atoms with Crippen LogP contribution in [0.5, 0.6) is 0 Å². The second-order valence-corrected chi connectivity index (χ2v) is 4.07. The molecule has 0 spiro atoms. The molecule has 2 N–H and O–H groups in total. The van der Waals surface area contributed by atoms with E-state index >= 15 is 0 Å². The highest BCUT2D eigenvalue weighted by atomic mass is 16.2. The topological polar surface area (TPSA) is 44.4 Å². The maximum atomic E-state index is 11.6. The molecule has 0 bridgehead atoms. The fourth-order valence-electron chi connectivity index (χ4n) is 2.37. The monoisotopic (exact) mass is 207 g/mol. The second kappa shape index (κ2) is 4.06. The van der Waals surface area contributed by atoms with Crippen molar-refractivity contribution in [1.82, 2.24) is 15.5 Å². The summed E-state index contributed by atoms with van der Waals surface area (Å²) in [5.74, 6) is 0.365. The Balaban J connectivity index is 2.25. The molecule has 15 heavy (non-hydrogen) atoms. The minimum atomic E-state index is -0.0794. The predicted octanol–water partition coefficient (Wildman–Crippen LogP) is 0.0535. The van der Waals surface area contributed by atoms with E-state index in [1.54, 1.807) is 6.20 Å². The average molecular weight is 207 g/mol. The smallest absolute Gasteiger partial charge is 0.267 e. The van der Waals surface area contributed by atoms with Gasteiger partial charge in [0.1, 0.15) is 0 Å². The minimum absolute atomic E-state index is 0.0794. The van der Waals surface area contributed by atoms with Gasteiger partial charge in [-0.3, -0.25) is 4.79 Å². The molecular formula is C11H17N3O. The largest absolute Gasteiger partial charge is 0.350 e. The Labute approximate surface area is 90.0 Å². The summed E-state index contributed by atoms with van der Waals surface area (Å²) in [6.07, 6.45) is 2.75. The zero-order valence-corrected chi connectivity index (χ0v) is 8.83. The predicted molar refractivity (Wildman–Crippen MR) is 59.0 cm³/mol. The van der Waals surface area contributed by atoms with Crippen LogP contribution in [0.2, 0.25) is 0 Å². The van der Waals surface area contributed by atoms with Gasteiger partial charge in [-0.2, -0.15) is 0 Å². The first-order valence-electron chi connectivity index (χ1n) is 5.32. The highest BCUT2D eigenvalue weighted by Gasteiger charge is 2.34. The summed E-state index contributed by atoms with van der Waals surface area (Å²) < 4.78 is 0. The molecule has 2 rings (SSSR count). The summed E-state index contributed by atoms with van der Waals surface area (Å²) in [7, 11) is 0. The first-order chi connectivity index (χ1) is 7.24. The summed E-state index contributed by atoms with van der Waals surface area (Å²) in [6.45, 7) is 10.2. The van der Waals surface area contributed by atoms with Gasteiger partial charge in [0.05, 0.1) is 5.70 Å². The summed E-state index contributed by atoms with van der Waals surface area (Å²) in [4.78, 5) is 13.5. The number of hydrogen-bond acceptors (Lipinski definition) is 3. The van der Waals surface area contributed by atoms with Gasteiger partial charge in [-0.05, 0) is 19.2 Å². The SMILES string of the molecule is C=CN1C(=C)C(=O)NCC2CNCCC21. The lowest BCUT2D eigenvalue weighted by atomic mass is 9.92. The molecule has 1 amide bonds. The molecule has 0 saturated carbocycles. The highest BCUT2D eigenvalue weighted by Crippen LogP contribution is 2.24. The van der Waals surface area contributed by atoms with E-state index in [4.69, 9.17) is 0 Å². The van der Waals surface area contributed by atoms with Gasteiger partial charge in [0.15, 0.2) is 0 Å². The van der Waals surface area contributed by atoms with Crippen LogP contribution in [-0.2, 0) is 4.79 Å². The summed E-state index contributed by atoms with van der Waals surface area (Å²) >= 11 is 0. The first kappa shape index (κ1) is 10.2. The van der Waals surface area contributed by atoms with Crippen LogP contribution in [0.25, 0.3) is 0 Å². The van der Waals surface area contributed by atoms with E-state index < -0.39 is 0 Å². The van der Waals surface area contributed by atoms with Crippen molar-refractivity contribution < 1.29 is 4.79 Å². The molecule has 0 aromatic carbocycles. The van der Waals surface area contributed by atoms with Crippen LogP contribution in [0.15, 0.2) is 25.1 Å². The summed E-state index contributed by atoms with van der Waals surface area (Å²) in [6, 6.07) is 0.357. The minimum Gasteiger partial charge on any atom is -0.350 e. The molecule has 2 unspecified atom stereocenters. The van der Waals surface area contributed by atoms with E-state index in [1.807, 2.05) is 4.90 Å². The molecule has 2 saturated heterocycles.